The first-order chi connectivity index (χ1) is 13.9. The molecule has 29 heavy (non-hydrogen) atoms. The highest BCUT2D eigenvalue weighted by molar-refractivity contribution is 7.80. The fourth-order valence-electron chi connectivity index (χ4n) is 2.48. The lowest BCUT2D eigenvalue weighted by Gasteiger charge is -2.12. The summed E-state index contributed by atoms with van der Waals surface area (Å²) in [6.07, 6.45) is 2.05. The van der Waals surface area contributed by atoms with E-state index in [2.05, 4.69) is 22.9 Å². The number of anilines is 1. The highest BCUT2D eigenvalue weighted by Gasteiger charge is 2.09. The predicted molar refractivity (Wildman–Crippen MR) is 120 cm³/mol. The quantitative estimate of drug-likeness (QED) is 0.448. The first-order valence-electron chi connectivity index (χ1n) is 9.66. The van der Waals surface area contributed by atoms with E-state index in [1.807, 2.05) is 13.8 Å². The van der Waals surface area contributed by atoms with Gasteiger partial charge in [-0.3, -0.25) is 14.9 Å². The lowest BCUT2D eigenvalue weighted by molar-refractivity contribution is 0.0950. The molecule has 0 spiro atoms. The number of unbranched alkanes of at least 4 members (excludes halogenated alkanes) is 1. The molecule has 0 radical (unpaired) electrons. The van der Waals surface area contributed by atoms with Crippen LogP contribution in [0, 0.1) is 0 Å². The monoisotopic (exact) mass is 413 g/mol. The van der Waals surface area contributed by atoms with E-state index in [9.17, 15) is 9.59 Å². The van der Waals surface area contributed by atoms with E-state index in [-0.39, 0.29) is 23.0 Å². The first-order valence-corrected chi connectivity index (χ1v) is 10.1. The van der Waals surface area contributed by atoms with Crippen LogP contribution in [0.3, 0.4) is 0 Å². The van der Waals surface area contributed by atoms with Crippen LogP contribution in [0.25, 0.3) is 0 Å². The highest BCUT2D eigenvalue weighted by atomic mass is 32.1. The molecule has 2 amide bonds. The molecule has 3 N–H and O–H groups in total. The van der Waals surface area contributed by atoms with Crippen LogP contribution in [-0.2, 0) is 0 Å². The average molecular weight is 414 g/mol. The minimum absolute atomic E-state index is 0.0697. The summed E-state index contributed by atoms with van der Waals surface area (Å²) >= 11 is 5.20. The molecule has 0 saturated heterocycles. The van der Waals surface area contributed by atoms with Crippen LogP contribution in [0.4, 0.5) is 5.69 Å². The molecule has 0 heterocycles. The maximum Gasteiger partial charge on any atom is 0.257 e. The number of carbonyl (C=O) groups excluding carboxylic acids is 2. The summed E-state index contributed by atoms with van der Waals surface area (Å²) in [4.78, 5) is 24.3. The van der Waals surface area contributed by atoms with E-state index >= 15 is 0 Å². The Labute approximate surface area is 177 Å². The second kappa shape index (κ2) is 11.2. The van der Waals surface area contributed by atoms with E-state index in [1.54, 1.807) is 48.5 Å². The van der Waals surface area contributed by atoms with Crippen molar-refractivity contribution in [3.05, 3.63) is 59.7 Å². The maximum absolute atomic E-state index is 12.3. The molecule has 0 aliphatic carbocycles. The van der Waals surface area contributed by atoms with Gasteiger partial charge in [0.25, 0.3) is 11.8 Å². The number of carbonyl (C=O) groups is 2. The van der Waals surface area contributed by atoms with E-state index in [0.717, 1.165) is 12.8 Å². The molecule has 2 rings (SSSR count). The van der Waals surface area contributed by atoms with Crippen molar-refractivity contribution in [2.24, 2.45) is 0 Å². The molecule has 2 aromatic rings. The van der Waals surface area contributed by atoms with Gasteiger partial charge in [0, 0.05) is 23.4 Å². The fourth-order valence-corrected chi connectivity index (χ4v) is 2.69. The molecule has 0 bridgehead atoms. The largest absolute Gasteiger partial charge is 0.491 e. The van der Waals surface area contributed by atoms with E-state index in [0.29, 0.717) is 29.1 Å². The molecule has 0 fully saturated rings. The lowest BCUT2D eigenvalue weighted by atomic mass is 10.2. The molecule has 0 aliphatic heterocycles. The molecule has 7 heteroatoms. The summed E-state index contributed by atoms with van der Waals surface area (Å²) in [5, 5.41) is 8.63. The van der Waals surface area contributed by atoms with Gasteiger partial charge >= 0.3 is 0 Å². The van der Waals surface area contributed by atoms with E-state index in [4.69, 9.17) is 17.0 Å². The molecule has 0 saturated carbocycles. The third-order valence-electron chi connectivity index (χ3n) is 3.94. The van der Waals surface area contributed by atoms with Gasteiger partial charge in [-0.2, -0.15) is 0 Å². The van der Waals surface area contributed by atoms with Crippen molar-refractivity contribution in [2.75, 3.05) is 11.9 Å². The predicted octanol–water partition coefficient (Wildman–Crippen LogP) is 4.13. The highest BCUT2D eigenvalue weighted by Crippen LogP contribution is 2.14. The van der Waals surface area contributed by atoms with Crippen molar-refractivity contribution in [2.45, 2.75) is 39.7 Å². The number of rotatable bonds is 8. The molecule has 0 aromatic heterocycles. The summed E-state index contributed by atoms with van der Waals surface area (Å²) in [6, 6.07) is 13.8. The molecule has 0 unspecified atom stereocenters. The topological polar surface area (TPSA) is 79.5 Å². The van der Waals surface area contributed by atoms with Crippen molar-refractivity contribution in [3.8, 4) is 5.75 Å². The first kappa shape index (κ1) is 22.4. The smallest absolute Gasteiger partial charge is 0.257 e. The third-order valence-corrected chi connectivity index (χ3v) is 4.14. The van der Waals surface area contributed by atoms with Crippen LogP contribution in [0.15, 0.2) is 48.5 Å². The zero-order chi connectivity index (χ0) is 21.2. The standard InChI is InChI=1S/C22H27N3O3S/c1-4-5-14-23-20(26)16-6-10-18(11-7-16)24-22(29)25-21(27)17-8-12-19(13-9-17)28-15(2)3/h6-13,15H,4-5,14H2,1-3H3,(H,23,26)(H2,24,25,27,29). The van der Waals surface area contributed by atoms with Gasteiger partial charge in [-0.25, -0.2) is 0 Å². The Morgan fingerprint density at radius 3 is 2.14 bits per heavy atom. The van der Waals surface area contributed by atoms with Gasteiger partial charge in [-0.15, -0.1) is 0 Å². The average Bonchev–Trinajstić information content (AvgIpc) is 2.68. The molecule has 0 aliphatic rings. The van der Waals surface area contributed by atoms with Crippen molar-refractivity contribution in [1.82, 2.24) is 10.6 Å². The van der Waals surface area contributed by atoms with Crippen molar-refractivity contribution >= 4 is 34.8 Å². The Bertz CT molecular complexity index is 833. The van der Waals surface area contributed by atoms with Crippen molar-refractivity contribution < 1.29 is 14.3 Å². The minimum Gasteiger partial charge on any atom is -0.491 e. The van der Waals surface area contributed by atoms with Gasteiger partial charge in [-0.05, 0) is 81.0 Å². The molecule has 2 aromatic carbocycles. The number of thiocarbonyl (C=S) groups is 1. The van der Waals surface area contributed by atoms with E-state index < -0.39 is 0 Å². The molecule has 154 valence electrons. The van der Waals surface area contributed by atoms with Crippen LogP contribution < -0.4 is 20.7 Å². The van der Waals surface area contributed by atoms with Gasteiger partial charge < -0.3 is 15.4 Å². The summed E-state index contributed by atoms with van der Waals surface area (Å²) in [7, 11) is 0. The van der Waals surface area contributed by atoms with Gasteiger partial charge in [0.2, 0.25) is 0 Å². The molecular weight excluding hydrogens is 386 g/mol. The number of hydrogen-bond donors (Lipinski definition) is 3. The minimum atomic E-state index is -0.314. The van der Waals surface area contributed by atoms with Crippen LogP contribution in [0.5, 0.6) is 5.75 Å². The van der Waals surface area contributed by atoms with Crippen molar-refractivity contribution in [1.29, 1.82) is 0 Å². The van der Waals surface area contributed by atoms with Gasteiger partial charge in [0.05, 0.1) is 6.10 Å². The Morgan fingerprint density at radius 2 is 1.55 bits per heavy atom. The molecule has 6 nitrogen and oxygen atoms in total. The van der Waals surface area contributed by atoms with Gasteiger partial charge in [0.15, 0.2) is 5.11 Å². The Morgan fingerprint density at radius 1 is 0.966 bits per heavy atom. The summed E-state index contributed by atoms with van der Waals surface area (Å²) < 4.78 is 5.56. The van der Waals surface area contributed by atoms with Crippen LogP contribution in [0.2, 0.25) is 0 Å². The number of amides is 2. The summed E-state index contributed by atoms with van der Waals surface area (Å²) in [5.41, 5.74) is 1.73. The zero-order valence-electron chi connectivity index (χ0n) is 17.0. The third kappa shape index (κ3) is 7.54. The van der Waals surface area contributed by atoms with Crippen LogP contribution in [-0.4, -0.2) is 29.6 Å². The molecular formula is C22H27N3O3S. The van der Waals surface area contributed by atoms with Crippen LogP contribution in [0.1, 0.15) is 54.3 Å². The van der Waals surface area contributed by atoms with Gasteiger partial charge in [-0.1, -0.05) is 13.3 Å². The number of nitrogens with one attached hydrogen (secondary N) is 3. The normalized spacial score (nSPS) is 10.3. The van der Waals surface area contributed by atoms with Gasteiger partial charge in [0.1, 0.15) is 5.75 Å². The number of benzene rings is 2. The summed E-state index contributed by atoms with van der Waals surface area (Å²) in [6.45, 7) is 6.62. The second-order valence-corrected chi connectivity index (χ2v) is 7.19. The van der Waals surface area contributed by atoms with Crippen LogP contribution >= 0.6 is 12.2 Å². The Hall–Kier alpha value is -2.93. The molecule has 0 atom stereocenters. The lowest BCUT2D eigenvalue weighted by Crippen LogP contribution is -2.34. The fraction of sp³-hybridized carbons (Fsp3) is 0.318. The summed E-state index contributed by atoms with van der Waals surface area (Å²) in [5.74, 6) is 0.285. The Balaban J connectivity index is 1.86. The number of hydrogen-bond acceptors (Lipinski definition) is 4. The second-order valence-electron chi connectivity index (χ2n) is 6.79. The Kier molecular flexibility index (Phi) is 8.61. The maximum atomic E-state index is 12.3. The SMILES string of the molecule is CCCCNC(=O)c1ccc(NC(=S)NC(=O)c2ccc(OC(C)C)cc2)cc1. The van der Waals surface area contributed by atoms with E-state index in [1.165, 1.54) is 0 Å². The van der Waals surface area contributed by atoms with Crippen molar-refractivity contribution in [3.63, 3.8) is 0 Å². The zero-order valence-corrected chi connectivity index (χ0v) is 17.8. The number of ether oxygens (including phenoxy) is 1.